The summed E-state index contributed by atoms with van der Waals surface area (Å²) in [5.74, 6) is 0. The van der Waals surface area contributed by atoms with Crippen LogP contribution in [0.25, 0.3) is 0 Å². The van der Waals surface area contributed by atoms with Crippen LogP contribution in [0.15, 0.2) is 24.3 Å². The molecule has 0 bridgehead atoms. The van der Waals surface area contributed by atoms with E-state index in [9.17, 15) is 0 Å². The van der Waals surface area contributed by atoms with E-state index in [1.165, 1.54) is 11.1 Å². The molecule has 0 aromatic heterocycles. The molecule has 0 N–H and O–H groups in total. The van der Waals surface area contributed by atoms with Gasteiger partial charge in [-0.15, -0.1) is 0 Å². The zero-order chi connectivity index (χ0) is 5.98. The second-order valence-corrected chi connectivity index (χ2v) is 2.16. The van der Waals surface area contributed by atoms with Crippen molar-refractivity contribution in [1.82, 2.24) is 0 Å². The van der Waals surface area contributed by atoms with E-state index in [1.807, 2.05) is 0 Å². The Morgan fingerprint density at radius 3 is 1.67 bits per heavy atom. The van der Waals surface area contributed by atoms with Gasteiger partial charge in [0.1, 0.15) is 0 Å². The van der Waals surface area contributed by atoms with Gasteiger partial charge in [-0.3, -0.25) is 0 Å². The second kappa shape index (κ2) is 4.10. The summed E-state index contributed by atoms with van der Waals surface area (Å²) in [5.41, 5.74) is 2.68. The summed E-state index contributed by atoms with van der Waals surface area (Å²) in [6.07, 6.45) is 0. The molecule has 0 nitrogen and oxygen atoms in total. The van der Waals surface area contributed by atoms with Crippen LogP contribution >= 0.6 is 0 Å². The molecule has 0 spiro atoms. The zero-order valence-electron chi connectivity index (χ0n) is 6.31. The Bertz CT molecular complexity index is 164. The van der Waals surface area contributed by atoms with Crippen molar-refractivity contribution in [1.29, 1.82) is 0 Å². The molecule has 1 aromatic carbocycles. The normalized spacial score (nSPS) is 8.22. The average Bonchev–Trinajstić information content (AvgIpc) is 1.64. The third kappa shape index (κ3) is 3.04. The van der Waals surface area contributed by atoms with Crippen molar-refractivity contribution in [2.24, 2.45) is 0 Å². The van der Waals surface area contributed by atoms with Crippen molar-refractivity contribution in [3.8, 4) is 0 Å². The van der Waals surface area contributed by atoms with Crippen LogP contribution in [-0.2, 0) is 0 Å². The van der Waals surface area contributed by atoms with Gasteiger partial charge in [-0.2, -0.15) is 0 Å². The van der Waals surface area contributed by atoms with E-state index in [0.29, 0.717) is 0 Å². The summed E-state index contributed by atoms with van der Waals surface area (Å²) < 4.78 is 0. The molecule has 0 atom stereocenters. The van der Waals surface area contributed by atoms with Gasteiger partial charge < -0.3 is 0 Å². The Balaban J connectivity index is 0.000000640. The molecule has 43 valence electrons. The minimum Gasteiger partial charge on any atom is -0.0617 e. The molecule has 1 radical (unpaired) electrons. The van der Waals surface area contributed by atoms with E-state index >= 15 is 0 Å². The number of hydrogen-bond acceptors (Lipinski definition) is 0. The van der Waals surface area contributed by atoms with Crippen LogP contribution in [0.5, 0.6) is 0 Å². The molecule has 1 aromatic rings. The molecule has 1 rings (SSSR count). The van der Waals surface area contributed by atoms with Gasteiger partial charge in [0.15, 0.2) is 0 Å². The molecule has 0 aliphatic heterocycles. The van der Waals surface area contributed by atoms with Crippen LogP contribution in [0, 0.1) is 13.8 Å². The quantitative estimate of drug-likeness (QED) is 0.469. The Hall–Kier alpha value is 0.220. The zero-order valence-corrected chi connectivity index (χ0v) is 8.31. The first-order valence-electron chi connectivity index (χ1n) is 2.82. The molecule has 0 saturated heterocycles. The van der Waals surface area contributed by atoms with Crippen molar-refractivity contribution >= 4 is 29.6 Å². The summed E-state index contributed by atoms with van der Waals surface area (Å²) in [5, 5.41) is 0. The maximum Gasteiger partial charge on any atom is 0 e. The number of rotatable bonds is 0. The number of benzene rings is 1. The number of hydrogen-bond donors (Lipinski definition) is 0. The second-order valence-electron chi connectivity index (χ2n) is 2.16. The summed E-state index contributed by atoms with van der Waals surface area (Å²) in [7, 11) is 0. The Morgan fingerprint density at radius 1 is 1.00 bits per heavy atom. The Labute approximate surface area is 78.6 Å². The van der Waals surface area contributed by atoms with E-state index in [4.69, 9.17) is 0 Å². The van der Waals surface area contributed by atoms with Crippen molar-refractivity contribution in [3.05, 3.63) is 35.4 Å². The van der Waals surface area contributed by atoms with Gasteiger partial charge in [0.05, 0.1) is 0 Å². The molecule has 0 unspecified atom stereocenters. The van der Waals surface area contributed by atoms with Crippen molar-refractivity contribution in [2.45, 2.75) is 13.8 Å². The van der Waals surface area contributed by atoms with Crippen LogP contribution < -0.4 is 0 Å². The van der Waals surface area contributed by atoms with Crippen LogP contribution in [0.1, 0.15) is 11.1 Å². The molecule has 0 saturated carbocycles. The minimum absolute atomic E-state index is 0. The van der Waals surface area contributed by atoms with Gasteiger partial charge >= 0.3 is 0 Å². The fourth-order valence-electron chi connectivity index (χ4n) is 0.807. The predicted octanol–water partition coefficient (Wildman–Crippen LogP) is 1.92. The first-order chi connectivity index (χ1) is 3.79. The topological polar surface area (TPSA) is 0 Å². The monoisotopic (exact) mass is 129 g/mol. The van der Waals surface area contributed by atoms with Crippen molar-refractivity contribution in [3.63, 3.8) is 0 Å². The molecule has 0 aliphatic carbocycles. The molecule has 9 heavy (non-hydrogen) atoms. The predicted molar refractivity (Wildman–Crippen MR) is 41.7 cm³/mol. The van der Waals surface area contributed by atoms with E-state index in [2.05, 4.69) is 38.1 Å². The summed E-state index contributed by atoms with van der Waals surface area (Å²) >= 11 is 0. The fourth-order valence-corrected chi connectivity index (χ4v) is 0.807. The molecule has 0 amide bonds. The third-order valence-corrected chi connectivity index (χ3v) is 1.17. The minimum atomic E-state index is 0. The first kappa shape index (κ1) is 9.22. The Kier molecular flexibility index (Phi) is 4.20. The standard InChI is InChI=1S/C8H10.Na/c1-7-4-3-5-8(2)6-7;/h3-6H,1-2H3;. The molecule has 1 heteroatoms. The molecule has 0 fully saturated rings. The van der Waals surface area contributed by atoms with Crippen LogP contribution in [-0.4, -0.2) is 29.6 Å². The fraction of sp³-hybridized carbons (Fsp3) is 0.250. The maximum atomic E-state index is 2.17. The summed E-state index contributed by atoms with van der Waals surface area (Å²) in [4.78, 5) is 0. The van der Waals surface area contributed by atoms with Gasteiger partial charge in [0, 0.05) is 29.6 Å². The van der Waals surface area contributed by atoms with Gasteiger partial charge in [0.2, 0.25) is 0 Å². The molecule has 0 heterocycles. The molecular weight excluding hydrogens is 119 g/mol. The molecular formula is C8H10Na. The average molecular weight is 129 g/mol. The van der Waals surface area contributed by atoms with Crippen LogP contribution in [0.2, 0.25) is 0 Å². The molecule has 0 aliphatic rings. The number of aryl methyl sites for hydroxylation is 2. The van der Waals surface area contributed by atoms with E-state index in [0.717, 1.165) is 0 Å². The first-order valence-corrected chi connectivity index (χ1v) is 2.82. The van der Waals surface area contributed by atoms with E-state index in [1.54, 1.807) is 0 Å². The van der Waals surface area contributed by atoms with Crippen LogP contribution in [0.3, 0.4) is 0 Å². The van der Waals surface area contributed by atoms with Crippen LogP contribution in [0.4, 0.5) is 0 Å². The SMILES string of the molecule is Cc1cccc(C)c1.[Na]. The summed E-state index contributed by atoms with van der Waals surface area (Å²) in [6.45, 7) is 4.21. The van der Waals surface area contributed by atoms with Gasteiger partial charge in [-0.25, -0.2) is 0 Å². The van der Waals surface area contributed by atoms with Gasteiger partial charge in [-0.05, 0) is 13.8 Å². The maximum absolute atomic E-state index is 2.17. The largest absolute Gasteiger partial charge is 0.0617 e. The smallest absolute Gasteiger partial charge is 0 e. The van der Waals surface area contributed by atoms with Gasteiger partial charge in [-0.1, -0.05) is 35.4 Å². The van der Waals surface area contributed by atoms with Gasteiger partial charge in [0.25, 0.3) is 0 Å². The van der Waals surface area contributed by atoms with E-state index in [-0.39, 0.29) is 29.6 Å². The summed E-state index contributed by atoms with van der Waals surface area (Å²) in [6, 6.07) is 8.45. The van der Waals surface area contributed by atoms with Crippen molar-refractivity contribution in [2.75, 3.05) is 0 Å². The van der Waals surface area contributed by atoms with Crippen molar-refractivity contribution < 1.29 is 0 Å². The third-order valence-electron chi connectivity index (χ3n) is 1.17. The van der Waals surface area contributed by atoms with E-state index < -0.39 is 0 Å². The Morgan fingerprint density at radius 2 is 1.44 bits per heavy atom.